The minimum Gasteiger partial charge on any atom is -0.378 e. The van der Waals surface area contributed by atoms with Crippen molar-refractivity contribution in [3.8, 4) is 11.1 Å². The van der Waals surface area contributed by atoms with Gasteiger partial charge in [-0.2, -0.15) is 0 Å². The van der Waals surface area contributed by atoms with Crippen LogP contribution >= 0.6 is 27.3 Å². The molecule has 4 aromatic rings. The monoisotopic (exact) mass is 424 g/mol. The van der Waals surface area contributed by atoms with Crippen LogP contribution in [-0.4, -0.2) is 24.1 Å². The van der Waals surface area contributed by atoms with Crippen molar-refractivity contribution in [2.45, 2.75) is 0 Å². The molecule has 2 aromatic carbocycles. The molecule has 0 aliphatic rings. The quantitative estimate of drug-likeness (QED) is 0.440. The van der Waals surface area contributed by atoms with Crippen LogP contribution in [0, 0.1) is 0 Å². The molecule has 0 amide bonds. The maximum atomic E-state index is 4.50. The second-order valence-electron chi connectivity index (χ2n) is 6.12. The Morgan fingerprint density at radius 2 is 1.69 bits per heavy atom. The first kappa shape index (κ1) is 17.0. The van der Waals surface area contributed by atoms with Crippen molar-refractivity contribution in [1.29, 1.82) is 0 Å². The Bertz CT molecular complexity index is 1040. The summed E-state index contributed by atoms with van der Waals surface area (Å²) in [6, 6.07) is 16.6. The van der Waals surface area contributed by atoms with Crippen LogP contribution in [0.3, 0.4) is 0 Å². The van der Waals surface area contributed by atoms with Crippen molar-refractivity contribution < 1.29 is 0 Å². The minimum absolute atomic E-state index is 0.826. The third-order valence-corrected chi connectivity index (χ3v) is 5.59. The number of thiophene rings is 1. The zero-order chi connectivity index (χ0) is 18.1. The number of nitrogens with zero attached hydrogens (tertiary/aromatic N) is 3. The van der Waals surface area contributed by atoms with Crippen molar-refractivity contribution in [3.63, 3.8) is 0 Å². The molecule has 0 unspecified atom stereocenters. The molecule has 0 atom stereocenters. The maximum absolute atomic E-state index is 4.50. The SMILES string of the molecule is CN(C)c1ccc(Nc2ncnc3scc(-c4ccc(Br)cc4)c23)cc1. The Morgan fingerprint density at radius 3 is 2.38 bits per heavy atom. The van der Waals surface area contributed by atoms with Gasteiger partial charge in [0.1, 0.15) is 17.0 Å². The lowest BCUT2D eigenvalue weighted by molar-refractivity contribution is 1.13. The topological polar surface area (TPSA) is 41.0 Å². The second kappa shape index (κ2) is 7.05. The normalized spacial score (nSPS) is 10.9. The van der Waals surface area contributed by atoms with E-state index in [1.54, 1.807) is 17.7 Å². The Labute approximate surface area is 164 Å². The fraction of sp³-hybridized carbons (Fsp3) is 0.100. The molecule has 2 heterocycles. The molecule has 0 radical (unpaired) electrons. The van der Waals surface area contributed by atoms with E-state index in [1.807, 2.05) is 14.1 Å². The highest BCUT2D eigenvalue weighted by molar-refractivity contribution is 9.10. The summed E-state index contributed by atoms with van der Waals surface area (Å²) in [5.41, 5.74) is 4.46. The Balaban J connectivity index is 1.75. The van der Waals surface area contributed by atoms with Crippen LogP contribution in [0.15, 0.2) is 64.7 Å². The molecule has 0 bridgehead atoms. The fourth-order valence-electron chi connectivity index (χ4n) is 2.79. The van der Waals surface area contributed by atoms with Crippen LogP contribution in [0.5, 0.6) is 0 Å². The fourth-order valence-corrected chi connectivity index (χ4v) is 3.97. The summed E-state index contributed by atoms with van der Waals surface area (Å²) in [6.45, 7) is 0. The largest absolute Gasteiger partial charge is 0.378 e. The van der Waals surface area contributed by atoms with E-state index in [9.17, 15) is 0 Å². The average molecular weight is 425 g/mol. The minimum atomic E-state index is 0.826. The van der Waals surface area contributed by atoms with Gasteiger partial charge in [-0.3, -0.25) is 0 Å². The first-order chi connectivity index (χ1) is 12.6. The zero-order valence-corrected chi connectivity index (χ0v) is 16.8. The summed E-state index contributed by atoms with van der Waals surface area (Å²) >= 11 is 5.13. The van der Waals surface area contributed by atoms with Gasteiger partial charge in [0, 0.05) is 40.9 Å². The predicted octanol–water partition coefficient (Wildman–Crippen LogP) is 5.93. The molecule has 26 heavy (non-hydrogen) atoms. The number of fused-ring (bicyclic) bond motifs is 1. The molecule has 0 spiro atoms. The second-order valence-corrected chi connectivity index (χ2v) is 7.90. The van der Waals surface area contributed by atoms with Gasteiger partial charge in [0.25, 0.3) is 0 Å². The number of halogens is 1. The summed E-state index contributed by atoms with van der Waals surface area (Å²) in [7, 11) is 4.07. The number of hydrogen-bond donors (Lipinski definition) is 1. The third-order valence-electron chi connectivity index (χ3n) is 4.17. The number of anilines is 3. The molecule has 4 rings (SSSR count). The maximum Gasteiger partial charge on any atom is 0.143 e. The number of rotatable bonds is 4. The highest BCUT2D eigenvalue weighted by Crippen LogP contribution is 2.37. The van der Waals surface area contributed by atoms with Crippen LogP contribution in [0.1, 0.15) is 0 Å². The van der Waals surface area contributed by atoms with Gasteiger partial charge in [-0.1, -0.05) is 28.1 Å². The van der Waals surface area contributed by atoms with Crippen molar-refractivity contribution in [3.05, 3.63) is 64.7 Å². The lowest BCUT2D eigenvalue weighted by atomic mass is 10.1. The van der Waals surface area contributed by atoms with Crippen LogP contribution in [0.2, 0.25) is 0 Å². The van der Waals surface area contributed by atoms with Gasteiger partial charge in [-0.25, -0.2) is 9.97 Å². The van der Waals surface area contributed by atoms with E-state index < -0.39 is 0 Å². The number of hydrogen-bond acceptors (Lipinski definition) is 5. The number of nitrogens with one attached hydrogen (secondary N) is 1. The van der Waals surface area contributed by atoms with E-state index in [2.05, 4.69) is 90.0 Å². The molecule has 4 nitrogen and oxygen atoms in total. The summed E-state index contributed by atoms with van der Waals surface area (Å²) < 4.78 is 1.07. The highest BCUT2D eigenvalue weighted by Gasteiger charge is 2.13. The molecule has 0 aliphatic heterocycles. The van der Waals surface area contributed by atoms with Gasteiger partial charge in [0.15, 0.2) is 0 Å². The standard InChI is InChI=1S/C20H17BrN4S/c1-25(2)16-9-7-15(8-10-16)24-19-18-17(11-26-20(18)23-12-22-19)13-3-5-14(21)6-4-13/h3-12H,1-2H3,(H,22,23,24). The van der Waals surface area contributed by atoms with Crippen molar-refractivity contribution in [2.24, 2.45) is 0 Å². The van der Waals surface area contributed by atoms with E-state index in [0.717, 1.165) is 43.0 Å². The molecule has 0 aliphatic carbocycles. The lowest BCUT2D eigenvalue weighted by Crippen LogP contribution is -2.08. The first-order valence-corrected chi connectivity index (χ1v) is 9.81. The Hall–Kier alpha value is -2.44. The molecule has 6 heteroatoms. The molecule has 0 fully saturated rings. The van der Waals surface area contributed by atoms with E-state index >= 15 is 0 Å². The van der Waals surface area contributed by atoms with Gasteiger partial charge in [-0.05, 0) is 42.0 Å². The van der Waals surface area contributed by atoms with Gasteiger partial charge < -0.3 is 10.2 Å². The van der Waals surface area contributed by atoms with Crippen molar-refractivity contribution >= 4 is 54.7 Å². The molecular weight excluding hydrogens is 408 g/mol. The summed E-state index contributed by atoms with van der Waals surface area (Å²) in [5, 5.41) is 6.64. The van der Waals surface area contributed by atoms with Gasteiger partial charge >= 0.3 is 0 Å². The van der Waals surface area contributed by atoms with Crippen LogP contribution in [0.25, 0.3) is 21.3 Å². The Kier molecular flexibility index (Phi) is 4.61. The third kappa shape index (κ3) is 3.30. The molecule has 0 saturated carbocycles. The van der Waals surface area contributed by atoms with E-state index in [4.69, 9.17) is 0 Å². The van der Waals surface area contributed by atoms with E-state index in [1.165, 1.54) is 0 Å². The molecule has 1 N–H and O–H groups in total. The van der Waals surface area contributed by atoms with E-state index in [0.29, 0.717) is 0 Å². The smallest absolute Gasteiger partial charge is 0.143 e. The van der Waals surface area contributed by atoms with Gasteiger partial charge in [0.2, 0.25) is 0 Å². The van der Waals surface area contributed by atoms with Gasteiger partial charge in [-0.15, -0.1) is 11.3 Å². The molecule has 130 valence electrons. The molecular formula is C20H17BrN4S. The van der Waals surface area contributed by atoms with Crippen LogP contribution in [-0.2, 0) is 0 Å². The number of aromatic nitrogens is 2. The average Bonchev–Trinajstić information content (AvgIpc) is 3.08. The molecule has 0 saturated heterocycles. The first-order valence-electron chi connectivity index (χ1n) is 8.14. The van der Waals surface area contributed by atoms with Crippen molar-refractivity contribution in [2.75, 3.05) is 24.3 Å². The number of benzene rings is 2. The van der Waals surface area contributed by atoms with Crippen LogP contribution in [0.4, 0.5) is 17.2 Å². The van der Waals surface area contributed by atoms with Crippen molar-refractivity contribution in [1.82, 2.24) is 9.97 Å². The van der Waals surface area contributed by atoms with Crippen LogP contribution < -0.4 is 10.2 Å². The highest BCUT2D eigenvalue weighted by atomic mass is 79.9. The van der Waals surface area contributed by atoms with Gasteiger partial charge in [0.05, 0.1) is 5.39 Å². The molecule has 2 aromatic heterocycles. The summed E-state index contributed by atoms with van der Waals surface area (Å²) in [4.78, 5) is 12.0. The Morgan fingerprint density at radius 1 is 0.962 bits per heavy atom. The predicted molar refractivity (Wildman–Crippen MR) is 115 cm³/mol. The zero-order valence-electron chi connectivity index (χ0n) is 14.4. The van der Waals surface area contributed by atoms with E-state index in [-0.39, 0.29) is 0 Å². The summed E-state index contributed by atoms with van der Waals surface area (Å²) in [5.74, 6) is 0.826. The lowest BCUT2D eigenvalue weighted by Gasteiger charge is -2.13. The summed E-state index contributed by atoms with van der Waals surface area (Å²) in [6.07, 6.45) is 1.61.